The van der Waals surface area contributed by atoms with Crippen LogP contribution in [0.15, 0.2) is 24.4 Å². The van der Waals surface area contributed by atoms with Crippen LogP contribution in [0.5, 0.6) is 0 Å². The quantitative estimate of drug-likeness (QED) is 0.856. The predicted octanol–water partition coefficient (Wildman–Crippen LogP) is 2.22. The second-order valence-corrected chi connectivity index (χ2v) is 6.59. The van der Waals surface area contributed by atoms with Crippen LogP contribution in [0.4, 0.5) is 0 Å². The molecule has 1 aromatic rings. The molecule has 124 valence electrons. The average molecular weight is 315 g/mol. The van der Waals surface area contributed by atoms with Crippen molar-refractivity contribution in [3.05, 3.63) is 30.1 Å². The lowest BCUT2D eigenvalue weighted by atomic mass is 9.97. The fourth-order valence-electron chi connectivity index (χ4n) is 3.73. The first kappa shape index (κ1) is 16.0. The average Bonchev–Trinajstić information content (AvgIpc) is 2.96. The van der Waals surface area contributed by atoms with E-state index in [9.17, 15) is 9.59 Å². The van der Waals surface area contributed by atoms with Crippen LogP contribution in [-0.4, -0.2) is 45.7 Å². The summed E-state index contributed by atoms with van der Waals surface area (Å²) in [5.41, 5.74) is 0.873. The molecule has 3 heterocycles. The van der Waals surface area contributed by atoms with Crippen molar-refractivity contribution in [3.63, 3.8) is 0 Å². The Labute approximate surface area is 137 Å². The van der Waals surface area contributed by atoms with Gasteiger partial charge in [0, 0.05) is 31.7 Å². The highest BCUT2D eigenvalue weighted by molar-refractivity contribution is 5.89. The second-order valence-electron chi connectivity index (χ2n) is 6.59. The van der Waals surface area contributed by atoms with E-state index in [1.807, 2.05) is 23.1 Å². The van der Waals surface area contributed by atoms with Crippen LogP contribution in [0.25, 0.3) is 0 Å². The SMILES string of the molecule is CCC1CCCCN1C(=O)C1CC(=O)N(Cc2ccccn2)C1. The minimum absolute atomic E-state index is 0.0686. The molecule has 0 aromatic carbocycles. The lowest BCUT2D eigenvalue weighted by Gasteiger charge is -2.36. The van der Waals surface area contributed by atoms with E-state index in [1.165, 1.54) is 6.42 Å². The molecule has 5 heteroatoms. The van der Waals surface area contributed by atoms with Gasteiger partial charge in [-0.1, -0.05) is 13.0 Å². The normalized spacial score (nSPS) is 25.0. The molecule has 2 aliphatic heterocycles. The molecule has 1 aromatic heterocycles. The smallest absolute Gasteiger partial charge is 0.228 e. The van der Waals surface area contributed by atoms with Gasteiger partial charge in [-0.15, -0.1) is 0 Å². The Morgan fingerprint density at radius 3 is 2.96 bits per heavy atom. The minimum atomic E-state index is -0.182. The summed E-state index contributed by atoms with van der Waals surface area (Å²) in [6, 6.07) is 6.06. The number of piperidine rings is 1. The van der Waals surface area contributed by atoms with Gasteiger partial charge in [-0.3, -0.25) is 14.6 Å². The number of nitrogens with zero attached hydrogens (tertiary/aromatic N) is 3. The Morgan fingerprint density at radius 1 is 1.35 bits per heavy atom. The first-order valence-corrected chi connectivity index (χ1v) is 8.67. The van der Waals surface area contributed by atoms with Crippen molar-refractivity contribution in [2.75, 3.05) is 13.1 Å². The topological polar surface area (TPSA) is 53.5 Å². The Bertz CT molecular complexity index is 561. The van der Waals surface area contributed by atoms with Gasteiger partial charge in [-0.2, -0.15) is 0 Å². The van der Waals surface area contributed by atoms with Gasteiger partial charge in [0.2, 0.25) is 11.8 Å². The van der Waals surface area contributed by atoms with Gasteiger partial charge in [0.25, 0.3) is 0 Å². The molecular weight excluding hydrogens is 290 g/mol. The van der Waals surface area contributed by atoms with Crippen LogP contribution >= 0.6 is 0 Å². The first-order chi connectivity index (χ1) is 11.2. The predicted molar refractivity (Wildman–Crippen MR) is 87.4 cm³/mol. The van der Waals surface area contributed by atoms with Crippen molar-refractivity contribution in [2.24, 2.45) is 5.92 Å². The van der Waals surface area contributed by atoms with Crippen LogP contribution in [0, 0.1) is 5.92 Å². The van der Waals surface area contributed by atoms with Gasteiger partial charge in [0.05, 0.1) is 18.2 Å². The maximum atomic E-state index is 12.8. The van der Waals surface area contributed by atoms with Crippen molar-refractivity contribution in [3.8, 4) is 0 Å². The summed E-state index contributed by atoms with van der Waals surface area (Å²) in [5.74, 6) is 0.0610. The number of hydrogen-bond donors (Lipinski definition) is 0. The summed E-state index contributed by atoms with van der Waals surface area (Å²) in [6.45, 7) is 4.02. The fourth-order valence-corrected chi connectivity index (χ4v) is 3.73. The largest absolute Gasteiger partial charge is 0.339 e. The van der Waals surface area contributed by atoms with Gasteiger partial charge in [0.1, 0.15) is 0 Å². The van der Waals surface area contributed by atoms with Crippen molar-refractivity contribution >= 4 is 11.8 Å². The second kappa shape index (κ2) is 7.11. The maximum absolute atomic E-state index is 12.8. The van der Waals surface area contributed by atoms with E-state index in [0.717, 1.165) is 31.5 Å². The van der Waals surface area contributed by atoms with Crippen LogP contribution in [-0.2, 0) is 16.1 Å². The molecule has 5 nitrogen and oxygen atoms in total. The molecule has 0 saturated carbocycles. The van der Waals surface area contributed by atoms with Crippen molar-refractivity contribution in [1.29, 1.82) is 0 Å². The molecule has 0 N–H and O–H groups in total. The molecule has 0 bridgehead atoms. The Morgan fingerprint density at radius 2 is 2.22 bits per heavy atom. The van der Waals surface area contributed by atoms with Crippen molar-refractivity contribution in [1.82, 2.24) is 14.8 Å². The van der Waals surface area contributed by atoms with Crippen LogP contribution in [0.2, 0.25) is 0 Å². The van der Waals surface area contributed by atoms with E-state index < -0.39 is 0 Å². The number of hydrogen-bond acceptors (Lipinski definition) is 3. The molecule has 2 saturated heterocycles. The summed E-state index contributed by atoms with van der Waals surface area (Å²) in [5, 5.41) is 0. The first-order valence-electron chi connectivity index (χ1n) is 8.67. The molecule has 2 atom stereocenters. The number of rotatable bonds is 4. The van der Waals surface area contributed by atoms with Crippen molar-refractivity contribution < 1.29 is 9.59 Å². The number of carbonyl (C=O) groups excluding carboxylic acids is 2. The standard InChI is InChI=1S/C18H25N3O2/c1-2-16-8-4-6-10-21(16)18(23)14-11-17(22)20(12-14)13-15-7-3-5-9-19-15/h3,5,7,9,14,16H,2,4,6,8,10-13H2,1H3. The monoisotopic (exact) mass is 315 g/mol. The lowest BCUT2D eigenvalue weighted by Crippen LogP contribution is -2.46. The van der Waals surface area contributed by atoms with E-state index in [-0.39, 0.29) is 17.7 Å². The molecule has 2 unspecified atom stereocenters. The van der Waals surface area contributed by atoms with E-state index in [2.05, 4.69) is 11.9 Å². The van der Waals surface area contributed by atoms with Crippen LogP contribution < -0.4 is 0 Å². The molecule has 0 spiro atoms. The molecule has 0 radical (unpaired) electrons. The highest BCUT2D eigenvalue weighted by atomic mass is 16.2. The minimum Gasteiger partial charge on any atom is -0.339 e. The number of aromatic nitrogens is 1. The molecule has 2 fully saturated rings. The Hall–Kier alpha value is -1.91. The molecule has 2 amide bonds. The van der Waals surface area contributed by atoms with Crippen molar-refractivity contribution in [2.45, 2.75) is 51.6 Å². The third-order valence-electron chi connectivity index (χ3n) is 5.02. The molecule has 0 aliphatic carbocycles. The number of pyridine rings is 1. The fraction of sp³-hybridized carbons (Fsp3) is 0.611. The summed E-state index contributed by atoms with van der Waals surface area (Å²) < 4.78 is 0. The Balaban J connectivity index is 1.63. The van der Waals surface area contributed by atoms with E-state index in [0.29, 0.717) is 25.6 Å². The van der Waals surface area contributed by atoms with Gasteiger partial charge in [-0.05, 0) is 37.8 Å². The molecule has 23 heavy (non-hydrogen) atoms. The zero-order valence-electron chi connectivity index (χ0n) is 13.8. The maximum Gasteiger partial charge on any atom is 0.228 e. The van der Waals surface area contributed by atoms with E-state index in [4.69, 9.17) is 0 Å². The molecule has 3 rings (SSSR count). The van der Waals surface area contributed by atoms with Crippen LogP contribution in [0.3, 0.4) is 0 Å². The summed E-state index contributed by atoms with van der Waals surface area (Å²) in [4.78, 5) is 33.2. The van der Waals surface area contributed by atoms with Gasteiger partial charge in [0.15, 0.2) is 0 Å². The van der Waals surface area contributed by atoms with Crippen LogP contribution in [0.1, 0.15) is 44.7 Å². The highest BCUT2D eigenvalue weighted by Gasteiger charge is 2.38. The van der Waals surface area contributed by atoms with E-state index >= 15 is 0 Å². The summed E-state index contributed by atoms with van der Waals surface area (Å²) >= 11 is 0. The zero-order valence-corrected chi connectivity index (χ0v) is 13.8. The van der Waals surface area contributed by atoms with Gasteiger partial charge in [-0.25, -0.2) is 0 Å². The molecule has 2 aliphatic rings. The molecular formula is C18H25N3O2. The zero-order chi connectivity index (χ0) is 16.2. The third-order valence-corrected chi connectivity index (χ3v) is 5.02. The number of likely N-dealkylation sites (tertiary alicyclic amines) is 2. The summed E-state index contributed by atoms with van der Waals surface area (Å²) in [6.07, 6.45) is 6.47. The number of amides is 2. The third kappa shape index (κ3) is 3.54. The van der Waals surface area contributed by atoms with Gasteiger partial charge < -0.3 is 9.80 Å². The van der Waals surface area contributed by atoms with E-state index in [1.54, 1.807) is 11.1 Å². The highest BCUT2D eigenvalue weighted by Crippen LogP contribution is 2.26. The number of carbonyl (C=O) groups is 2. The Kier molecular flexibility index (Phi) is 4.94. The lowest BCUT2D eigenvalue weighted by molar-refractivity contribution is -0.139. The summed E-state index contributed by atoms with van der Waals surface area (Å²) in [7, 11) is 0. The van der Waals surface area contributed by atoms with Gasteiger partial charge >= 0.3 is 0 Å².